The molecule has 3 atom stereocenters. The SMILES string of the molecule is COc1ccc(COC(=O)[C@H](C)N2C(=O)[C@H]3CC=CC[C@@H]3C2=O)cc1F. The van der Waals surface area contributed by atoms with E-state index in [0.29, 0.717) is 18.4 Å². The van der Waals surface area contributed by atoms with Gasteiger partial charge in [-0.1, -0.05) is 18.2 Å². The molecule has 138 valence electrons. The molecule has 0 aromatic heterocycles. The molecule has 1 aliphatic heterocycles. The Kier molecular flexibility index (Phi) is 5.06. The fourth-order valence-corrected chi connectivity index (χ4v) is 3.39. The van der Waals surface area contributed by atoms with Crippen LogP contribution in [0.25, 0.3) is 0 Å². The number of nitrogens with zero attached hydrogens (tertiary/aromatic N) is 1. The highest BCUT2D eigenvalue weighted by molar-refractivity contribution is 6.08. The van der Waals surface area contributed by atoms with Gasteiger partial charge in [0, 0.05) is 0 Å². The maximum absolute atomic E-state index is 13.7. The lowest BCUT2D eigenvalue weighted by molar-refractivity contribution is -0.159. The number of imide groups is 1. The number of halogens is 1. The second kappa shape index (κ2) is 7.27. The van der Waals surface area contributed by atoms with E-state index >= 15 is 0 Å². The molecule has 3 rings (SSSR count). The van der Waals surface area contributed by atoms with Gasteiger partial charge in [0.25, 0.3) is 0 Å². The molecule has 0 spiro atoms. The number of rotatable bonds is 5. The Morgan fingerprint density at radius 1 is 1.23 bits per heavy atom. The van der Waals surface area contributed by atoms with Crippen LogP contribution < -0.4 is 4.74 Å². The smallest absolute Gasteiger partial charge is 0.329 e. The fourth-order valence-electron chi connectivity index (χ4n) is 3.39. The summed E-state index contributed by atoms with van der Waals surface area (Å²) < 4.78 is 23.7. The minimum atomic E-state index is -1.01. The Morgan fingerprint density at radius 3 is 2.38 bits per heavy atom. The fraction of sp³-hybridized carbons (Fsp3) is 0.421. The van der Waals surface area contributed by atoms with E-state index in [-0.39, 0.29) is 24.2 Å². The number of ether oxygens (including phenoxy) is 2. The van der Waals surface area contributed by atoms with Crippen molar-refractivity contribution in [3.05, 3.63) is 41.7 Å². The van der Waals surface area contributed by atoms with E-state index in [2.05, 4.69) is 0 Å². The van der Waals surface area contributed by atoms with Crippen LogP contribution in [0.3, 0.4) is 0 Å². The normalized spacial score (nSPS) is 23.0. The summed E-state index contributed by atoms with van der Waals surface area (Å²) in [4.78, 5) is 38.3. The van der Waals surface area contributed by atoms with Gasteiger partial charge in [0.2, 0.25) is 11.8 Å². The number of amides is 2. The molecule has 0 N–H and O–H groups in total. The van der Waals surface area contributed by atoms with Crippen LogP contribution in [-0.2, 0) is 25.7 Å². The van der Waals surface area contributed by atoms with Gasteiger partial charge in [-0.3, -0.25) is 14.5 Å². The van der Waals surface area contributed by atoms with Crippen LogP contribution in [0, 0.1) is 17.7 Å². The van der Waals surface area contributed by atoms with Crippen LogP contribution in [0.4, 0.5) is 4.39 Å². The second-order valence-corrected chi connectivity index (χ2v) is 6.45. The van der Waals surface area contributed by atoms with Crippen LogP contribution in [0.2, 0.25) is 0 Å². The number of allylic oxidation sites excluding steroid dienone is 2. The lowest BCUT2D eigenvalue weighted by Crippen LogP contribution is -2.44. The molecule has 1 heterocycles. The largest absolute Gasteiger partial charge is 0.494 e. The number of carbonyl (C=O) groups excluding carboxylic acids is 3. The first kappa shape index (κ1) is 18.1. The van der Waals surface area contributed by atoms with Crippen LogP contribution in [0.5, 0.6) is 5.75 Å². The highest BCUT2D eigenvalue weighted by Gasteiger charge is 2.50. The third kappa shape index (κ3) is 3.21. The van der Waals surface area contributed by atoms with E-state index in [0.717, 1.165) is 4.90 Å². The lowest BCUT2D eigenvalue weighted by Gasteiger charge is -2.21. The van der Waals surface area contributed by atoms with Crippen molar-refractivity contribution in [2.75, 3.05) is 7.11 Å². The van der Waals surface area contributed by atoms with Gasteiger partial charge in [0.1, 0.15) is 12.6 Å². The average molecular weight is 361 g/mol. The predicted molar refractivity (Wildman–Crippen MR) is 89.4 cm³/mol. The number of methoxy groups -OCH3 is 1. The molecule has 0 radical (unpaired) electrons. The van der Waals surface area contributed by atoms with Gasteiger partial charge in [-0.2, -0.15) is 0 Å². The molecule has 1 fully saturated rings. The number of carbonyl (C=O) groups is 3. The van der Waals surface area contributed by atoms with Crippen molar-refractivity contribution in [3.8, 4) is 5.75 Å². The molecular weight excluding hydrogens is 341 g/mol. The van der Waals surface area contributed by atoms with E-state index in [1.807, 2.05) is 12.2 Å². The summed E-state index contributed by atoms with van der Waals surface area (Å²) in [6.07, 6.45) is 4.80. The summed E-state index contributed by atoms with van der Waals surface area (Å²) >= 11 is 0. The van der Waals surface area contributed by atoms with Crippen molar-refractivity contribution >= 4 is 17.8 Å². The molecule has 1 aliphatic carbocycles. The van der Waals surface area contributed by atoms with E-state index in [1.54, 1.807) is 6.07 Å². The van der Waals surface area contributed by atoms with Gasteiger partial charge in [0.05, 0.1) is 18.9 Å². The van der Waals surface area contributed by atoms with Crippen LogP contribution in [0.1, 0.15) is 25.3 Å². The van der Waals surface area contributed by atoms with Crippen molar-refractivity contribution in [2.45, 2.75) is 32.4 Å². The first-order chi connectivity index (χ1) is 12.4. The van der Waals surface area contributed by atoms with Crippen molar-refractivity contribution in [1.82, 2.24) is 4.90 Å². The molecule has 26 heavy (non-hydrogen) atoms. The molecular formula is C19H20FNO5. The topological polar surface area (TPSA) is 72.9 Å². The van der Waals surface area contributed by atoms with Crippen LogP contribution in [0.15, 0.2) is 30.4 Å². The summed E-state index contributed by atoms with van der Waals surface area (Å²) in [7, 11) is 1.36. The Hall–Kier alpha value is -2.70. The molecule has 2 amide bonds. The maximum atomic E-state index is 13.7. The summed E-state index contributed by atoms with van der Waals surface area (Å²) in [6.45, 7) is 1.31. The number of hydrogen-bond acceptors (Lipinski definition) is 5. The Balaban J connectivity index is 1.64. The first-order valence-corrected chi connectivity index (χ1v) is 8.45. The Bertz CT molecular complexity index is 749. The number of benzene rings is 1. The molecule has 1 aromatic rings. The van der Waals surface area contributed by atoms with Gasteiger partial charge in [-0.15, -0.1) is 0 Å². The van der Waals surface area contributed by atoms with Crippen molar-refractivity contribution in [2.24, 2.45) is 11.8 Å². The zero-order chi connectivity index (χ0) is 18.8. The minimum Gasteiger partial charge on any atom is -0.494 e. The van der Waals surface area contributed by atoms with Crippen LogP contribution >= 0.6 is 0 Å². The first-order valence-electron chi connectivity index (χ1n) is 8.45. The highest BCUT2D eigenvalue weighted by Crippen LogP contribution is 2.36. The molecule has 0 bridgehead atoms. The molecule has 1 aromatic carbocycles. The Morgan fingerprint density at radius 2 is 1.85 bits per heavy atom. The monoisotopic (exact) mass is 361 g/mol. The summed E-state index contributed by atoms with van der Waals surface area (Å²) in [5, 5.41) is 0. The number of esters is 1. The standard InChI is InChI=1S/C19H20FNO5/c1-11(21-17(22)13-5-3-4-6-14(13)18(21)23)19(24)26-10-12-7-8-16(25-2)15(20)9-12/h3-4,7-9,11,13-14H,5-6,10H2,1-2H3/t11-,13-,14-/m0/s1. The van der Waals surface area contributed by atoms with Gasteiger partial charge in [-0.05, 0) is 37.5 Å². The summed E-state index contributed by atoms with van der Waals surface area (Å²) in [5.74, 6) is -2.60. The Labute approximate surface area is 150 Å². The molecule has 0 saturated carbocycles. The third-order valence-electron chi connectivity index (χ3n) is 4.87. The quantitative estimate of drug-likeness (QED) is 0.457. The minimum absolute atomic E-state index is 0.0953. The number of fused-ring (bicyclic) bond motifs is 1. The summed E-state index contributed by atoms with van der Waals surface area (Å²) in [5.41, 5.74) is 0.445. The van der Waals surface area contributed by atoms with Gasteiger partial charge < -0.3 is 9.47 Å². The van der Waals surface area contributed by atoms with E-state index in [4.69, 9.17) is 9.47 Å². The maximum Gasteiger partial charge on any atom is 0.329 e. The predicted octanol–water partition coefficient (Wildman–Crippen LogP) is 2.22. The zero-order valence-electron chi connectivity index (χ0n) is 14.6. The second-order valence-electron chi connectivity index (χ2n) is 6.45. The highest BCUT2D eigenvalue weighted by atomic mass is 19.1. The van der Waals surface area contributed by atoms with Crippen molar-refractivity contribution < 1.29 is 28.2 Å². The zero-order valence-corrected chi connectivity index (χ0v) is 14.6. The van der Waals surface area contributed by atoms with Gasteiger partial charge in [-0.25, -0.2) is 9.18 Å². The lowest BCUT2D eigenvalue weighted by atomic mass is 9.85. The van der Waals surface area contributed by atoms with Gasteiger partial charge >= 0.3 is 5.97 Å². The van der Waals surface area contributed by atoms with Crippen LogP contribution in [-0.4, -0.2) is 35.8 Å². The van der Waals surface area contributed by atoms with Crippen molar-refractivity contribution in [3.63, 3.8) is 0 Å². The molecule has 7 heteroatoms. The van der Waals surface area contributed by atoms with Crippen molar-refractivity contribution in [1.29, 1.82) is 0 Å². The van der Waals surface area contributed by atoms with Gasteiger partial charge in [0.15, 0.2) is 11.6 Å². The molecule has 0 unspecified atom stereocenters. The van der Waals surface area contributed by atoms with E-state index in [1.165, 1.54) is 26.2 Å². The molecule has 6 nitrogen and oxygen atoms in total. The number of hydrogen-bond donors (Lipinski definition) is 0. The molecule has 1 saturated heterocycles. The third-order valence-corrected chi connectivity index (χ3v) is 4.87. The molecule has 2 aliphatic rings. The number of likely N-dealkylation sites (tertiary alicyclic amines) is 1. The average Bonchev–Trinajstić information content (AvgIpc) is 2.90. The van der Waals surface area contributed by atoms with E-state index < -0.39 is 29.7 Å². The summed E-state index contributed by atoms with van der Waals surface area (Å²) in [6, 6.07) is 3.21. The van der Waals surface area contributed by atoms with E-state index in [9.17, 15) is 18.8 Å².